The highest BCUT2D eigenvalue weighted by molar-refractivity contribution is 5.67. The molecule has 0 radical (unpaired) electrons. The molecule has 0 aliphatic carbocycles. The molecule has 0 aromatic rings. The van der Waals surface area contributed by atoms with Crippen molar-refractivity contribution in [2.24, 2.45) is 11.8 Å². The normalized spacial score (nSPS) is 16.0. The number of aliphatic hydroxyl groups is 1. The van der Waals surface area contributed by atoms with E-state index in [4.69, 9.17) is 9.47 Å². The van der Waals surface area contributed by atoms with E-state index in [1.807, 2.05) is 20.8 Å². The molecule has 3 N–H and O–H groups in total. The molecule has 0 bridgehead atoms. The highest BCUT2D eigenvalue weighted by atomic mass is 16.6. The van der Waals surface area contributed by atoms with Gasteiger partial charge in [-0.2, -0.15) is 0 Å². The first kappa shape index (κ1) is 22.1. The number of hydrogen-bond donors (Lipinski definition) is 3. The molecule has 0 rings (SSSR count). The van der Waals surface area contributed by atoms with Gasteiger partial charge in [0, 0.05) is 33.2 Å². The Labute approximate surface area is 141 Å². The van der Waals surface area contributed by atoms with E-state index in [9.17, 15) is 9.90 Å². The lowest BCUT2D eigenvalue weighted by molar-refractivity contribution is 0.0236. The van der Waals surface area contributed by atoms with Crippen LogP contribution in [-0.2, 0) is 9.47 Å². The third-order valence-electron chi connectivity index (χ3n) is 3.61. The summed E-state index contributed by atoms with van der Waals surface area (Å²) in [6, 6.07) is 0. The Bertz CT molecular complexity index is 338. The summed E-state index contributed by atoms with van der Waals surface area (Å²) in [4.78, 5) is 11.7. The van der Waals surface area contributed by atoms with Crippen LogP contribution < -0.4 is 10.6 Å². The van der Waals surface area contributed by atoms with E-state index in [1.54, 1.807) is 14.0 Å². The van der Waals surface area contributed by atoms with E-state index >= 15 is 0 Å². The van der Waals surface area contributed by atoms with Gasteiger partial charge in [-0.05, 0) is 46.1 Å². The molecule has 6 heteroatoms. The molecule has 0 saturated heterocycles. The van der Waals surface area contributed by atoms with Crippen LogP contribution in [0.4, 0.5) is 4.79 Å². The van der Waals surface area contributed by atoms with Gasteiger partial charge in [0.05, 0.1) is 5.60 Å². The molecule has 138 valence electrons. The van der Waals surface area contributed by atoms with Crippen molar-refractivity contribution in [3.05, 3.63) is 0 Å². The zero-order chi connectivity index (χ0) is 18.1. The second-order valence-corrected chi connectivity index (χ2v) is 7.76. The van der Waals surface area contributed by atoms with Crippen molar-refractivity contribution in [1.82, 2.24) is 10.6 Å². The van der Waals surface area contributed by atoms with Gasteiger partial charge in [0.2, 0.25) is 0 Å². The number of methoxy groups -OCH3 is 1. The number of carbonyl (C=O) groups is 1. The minimum Gasteiger partial charge on any atom is -0.444 e. The number of ether oxygens (including phenoxy) is 2. The Hall–Kier alpha value is -0.850. The molecule has 2 atom stereocenters. The number of rotatable bonds is 10. The van der Waals surface area contributed by atoms with E-state index < -0.39 is 17.3 Å². The molecule has 2 unspecified atom stereocenters. The minimum atomic E-state index is -0.796. The lowest BCUT2D eigenvalue weighted by Gasteiger charge is -2.27. The Morgan fingerprint density at radius 3 is 2.26 bits per heavy atom. The maximum absolute atomic E-state index is 11.7. The summed E-state index contributed by atoms with van der Waals surface area (Å²) in [6.45, 7) is 13.8. The van der Waals surface area contributed by atoms with Crippen molar-refractivity contribution in [3.8, 4) is 0 Å². The Morgan fingerprint density at radius 1 is 1.17 bits per heavy atom. The van der Waals surface area contributed by atoms with Gasteiger partial charge in [0.1, 0.15) is 5.60 Å². The van der Waals surface area contributed by atoms with E-state index in [-0.39, 0.29) is 5.92 Å². The summed E-state index contributed by atoms with van der Waals surface area (Å²) in [6.07, 6.45) is 0.189. The summed E-state index contributed by atoms with van der Waals surface area (Å²) >= 11 is 0. The summed E-state index contributed by atoms with van der Waals surface area (Å²) in [5.41, 5.74) is -1.29. The van der Waals surface area contributed by atoms with E-state index in [1.165, 1.54) is 0 Å². The predicted octanol–water partition coefficient (Wildman–Crippen LogP) is 2.16. The fourth-order valence-corrected chi connectivity index (χ4v) is 2.01. The smallest absolute Gasteiger partial charge is 0.407 e. The minimum absolute atomic E-state index is 0.265. The van der Waals surface area contributed by atoms with Gasteiger partial charge in [-0.1, -0.05) is 13.8 Å². The molecule has 0 aliphatic rings. The van der Waals surface area contributed by atoms with E-state index in [2.05, 4.69) is 24.5 Å². The lowest BCUT2D eigenvalue weighted by Crippen LogP contribution is -2.44. The first-order valence-corrected chi connectivity index (χ1v) is 8.36. The van der Waals surface area contributed by atoms with Crippen LogP contribution >= 0.6 is 0 Å². The van der Waals surface area contributed by atoms with Crippen molar-refractivity contribution >= 4 is 6.09 Å². The molecule has 1 amide bonds. The number of carbonyl (C=O) groups excluding carboxylic acids is 1. The van der Waals surface area contributed by atoms with Gasteiger partial charge in [-0.3, -0.25) is 0 Å². The number of amides is 1. The summed E-state index contributed by atoms with van der Waals surface area (Å²) in [5, 5.41) is 16.3. The third kappa shape index (κ3) is 12.3. The van der Waals surface area contributed by atoms with Gasteiger partial charge < -0.3 is 25.2 Å². The lowest BCUT2D eigenvalue weighted by atomic mass is 9.95. The van der Waals surface area contributed by atoms with Crippen LogP contribution in [0.2, 0.25) is 0 Å². The van der Waals surface area contributed by atoms with E-state index in [0.717, 1.165) is 6.54 Å². The fraction of sp³-hybridized carbons (Fsp3) is 0.941. The number of alkyl carbamates (subject to hydrolysis) is 1. The molecule has 0 aromatic heterocycles. The van der Waals surface area contributed by atoms with Crippen LogP contribution in [0, 0.1) is 11.8 Å². The van der Waals surface area contributed by atoms with Crippen molar-refractivity contribution < 1.29 is 19.4 Å². The third-order valence-corrected chi connectivity index (χ3v) is 3.61. The topological polar surface area (TPSA) is 79.8 Å². The van der Waals surface area contributed by atoms with Crippen LogP contribution in [0.25, 0.3) is 0 Å². The monoisotopic (exact) mass is 332 g/mol. The Balaban J connectivity index is 4.20. The Kier molecular flexibility index (Phi) is 9.73. The summed E-state index contributed by atoms with van der Waals surface area (Å²) in [7, 11) is 1.63. The number of nitrogens with one attached hydrogen (secondary N) is 2. The summed E-state index contributed by atoms with van der Waals surface area (Å²) < 4.78 is 10.2. The molecule has 0 spiro atoms. The highest BCUT2D eigenvalue weighted by Crippen LogP contribution is 2.12. The molecular weight excluding hydrogens is 296 g/mol. The predicted molar refractivity (Wildman–Crippen MR) is 92.6 cm³/mol. The average Bonchev–Trinajstić information content (AvgIpc) is 2.37. The molecule has 23 heavy (non-hydrogen) atoms. The van der Waals surface area contributed by atoms with Crippen molar-refractivity contribution in [3.63, 3.8) is 0 Å². The second-order valence-electron chi connectivity index (χ2n) is 7.76. The maximum Gasteiger partial charge on any atom is 0.407 e. The molecular formula is C17H36N2O4. The second kappa shape index (κ2) is 10.1. The maximum atomic E-state index is 11.7. The largest absolute Gasteiger partial charge is 0.444 e. The highest BCUT2D eigenvalue weighted by Gasteiger charge is 2.22. The Morgan fingerprint density at radius 2 is 1.78 bits per heavy atom. The van der Waals surface area contributed by atoms with Gasteiger partial charge in [0.15, 0.2) is 0 Å². The quantitative estimate of drug-likeness (QED) is 0.571. The number of hydrogen-bond acceptors (Lipinski definition) is 5. The van der Waals surface area contributed by atoms with Crippen molar-refractivity contribution in [2.45, 2.75) is 59.2 Å². The first-order chi connectivity index (χ1) is 10.5. The molecule has 0 aromatic carbocycles. The van der Waals surface area contributed by atoms with E-state index in [0.29, 0.717) is 32.0 Å². The van der Waals surface area contributed by atoms with Crippen LogP contribution in [0.3, 0.4) is 0 Å². The molecule has 0 saturated carbocycles. The zero-order valence-corrected chi connectivity index (χ0v) is 15.9. The summed E-state index contributed by atoms with van der Waals surface area (Å²) in [5.74, 6) is 0.669. The molecule has 0 aliphatic heterocycles. The van der Waals surface area contributed by atoms with Gasteiger partial charge in [-0.25, -0.2) is 4.79 Å². The fourth-order valence-electron chi connectivity index (χ4n) is 2.01. The van der Waals surface area contributed by atoms with Crippen molar-refractivity contribution in [2.75, 3.05) is 33.4 Å². The van der Waals surface area contributed by atoms with Crippen LogP contribution in [-0.4, -0.2) is 55.8 Å². The first-order valence-electron chi connectivity index (χ1n) is 8.36. The van der Waals surface area contributed by atoms with Gasteiger partial charge in [0.25, 0.3) is 0 Å². The SMILES string of the molecule is COCCC(C)(O)CNCC(CNC(=O)OC(C)(C)C)C(C)C. The van der Waals surface area contributed by atoms with Crippen LogP contribution in [0.1, 0.15) is 48.0 Å². The average molecular weight is 332 g/mol. The molecule has 6 nitrogen and oxygen atoms in total. The standard InChI is InChI=1S/C17H36N2O4/c1-13(2)14(11-19-15(20)23-16(3,4)5)10-18-12-17(6,21)8-9-22-7/h13-14,18,21H,8-12H2,1-7H3,(H,19,20). The van der Waals surface area contributed by atoms with Gasteiger partial charge in [-0.15, -0.1) is 0 Å². The zero-order valence-electron chi connectivity index (χ0n) is 15.9. The molecule has 0 heterocycles. The van der Waals surface area contributed by atoms with Crippen LogP contribution in [0.5, 0.6) is 0 Å². The van der Waals surface area contributed by atoms with Crippen LogP contribution in [0.15, 0.2) is 0 Å². The van der Waals surface area contributed by atoms with Crippen molar-refractivity contribution in [1.29, 1.82) is 0 Å². The molecule has 0 fully saturated rings. The van der Waals surface area contributed by atoms with Gasteiger partial charge >= 0.3 is 6.09 Å².